The van der Waals surface area contributed by atoms with Crippen LogP contribution in [-0.4, -0.2) is 49.1 Å². The monoisotopic (exact) mass is 292 g/mol. The van der Waals surface area contributed by atoms with Crippen LogP contribution < -0.4 is 14.8 Å². The maximum Gasteiger partial charge on any atom is 0.328 e. The van der Waals surface area contributed by atoms with Crippen molar-refractivity contribution in [2.75, 3.05) is 26.2 Å². The highest BCUT2D eigenvalue weighted by atomic mass is 16.6. The minimum absolute atomic E-state index is 0.255. The number of benzene rings is 1. The first-order valence-electron chi connectivity index (χ1n) is 7.02. The Balaban J connectivity index is 2.03. The molecule has 1 fully saturated rings. The Kier molecular flexibility index (Phi) is 5.30. The van der Waals surface area contributed by atoms with E-state index >= 15 is 0 Å². The molecule has 114 valence electrons. The Labute approximate surface area is 124 Å². The van der Waals surface area contributed by atoms with Crippen LogP contribution in [-0.2, 0) is 9.59 Å². The number of hydrogen-bond donors (Lipinski definition) is 1. The molecular weight excluding hydrogens is 272 g/mol. The Morgan fingerprint density at radius 1 is 1.14 bits per heavy atom. The van der Waals surface area contributed by atoms with E-state index < -0.39 is 5.97 Å². The molecule has 0 bridgehead atoms. The minimum Gasteiger partial charge on any atom is -0.423 e. The van der Waals surface area contributed by atoms with E-state index in [1.807, 2.05) is 6.92 Å². The lowest BCUT2D eigenvalue weighted by molar-refractivity contribution is -0.141. The number of nitrogens with zero attached hydrogens (tertiary/aromatic N) is 1. The molecule has 0 amide bonds. The molecule has 0 radical (unpaired) electrons. The lowest BCUT2D eigenvalue weighted by atomic mass is 10.2. The number of para-hydroxylation sites is 2. The molecule has 2 rings (SSSR count). The molecule has 21 heavy (non-hydrogen) atoms. The van der Waals surface area contributed by atoms with Crippen molar-refractivity contribution in [2.24, 2.45) is 0 Å². The summed E-state index contributed by atoms with van der Waals surface area (Å²) in [6.07, 6.45) is 0. The Morgan fingerprint density at radius 3 is 2.29 bits per heavy atom. The van der Waals surface area contributed by atoms with E-state index in [0.29, 0.717) is 0 Å². The van der Waals surface area contributed by atoms with Crippen molar-refractivity contribution in [1.82, 2.24) is 10.2 Å². The quantitative estimate of drug-likeness (QED) is 0.654. The number of nitrogens with one attached hydrogen (secondary N) is 1. The number of hydrogen-bond acceptors (Lipinski definition) is 6. The van der Waals surface area contributed by atoms with E-state index in [1.165, 1.54) is 6.92 Å². The topological polar surface area (TPSA) is 67.9 Å². The van der Waals surface area contributed by atoms with E-state index in [0.717, 1.165) is 26.2 Å². The van der Waals surface area contributed by atoms with Crippen LogP contribution in [0.4, 0.5) is 0 Å². The van der Waals surface area contributed by atoms with Crippen LogP contribution in [0, 0.1) is 0 Å². The zero-order chi connectivity index (χ0) is 15.2. The van der Waals surface area contributed by atoms with Gasteiger partial charge in [0.05, 0.1) is 0 Å². The van der Waals surface area contributed by atoms with Crippen molar-refractivity contribution >= 4 is 11.9 Å². The van der Waals surface area contributed by atoms with Crippen molar-refractivity contribution in [3.63, 3.8) is 0 Å². The summed E-state index contributed by atoms with van der Waals surface area (Å²) in [6, 6.07) is 6.32. The van der Waals surface area contributed by atoms with Crippen LogP contribution in [0.2, 0.25) is 0 Å². The molecule has 1 aromatic carbocycles. The molecule has 1 saturated heterocycles. The summed E-state index contributed by atoms with van der Waals surface area (Å²) in [6.45, 7) is 6.47. The summed E-state index contributed by atoms with van der Waals surface area (Å²) in [4.78, 5) is 25.3. The van der Waals surface area contributed by atoms with Gasteiger partial charge in [0.2, 0.25) is 0 Å². The number of ether oxygens (including phenoxy) is 2. The third-order valence-corrected chi connectivity index (χ3v) is 3.35. The molecule has 0 saturated carbocycles. The van der Waals surface area contributed by atoms with Gasteiger partial charge in [-0.2, -0.15) is 0 Å². The molecule has 0 spiro atoms. The molecule has 6 nitrogen and oxygen atoms in total. The third-order valence-electron chi connectivity index (χ3n) is 3.35. The van der Waals surface area contributed by atoms with Gasteiger partial charge in [0.1, 0.15) is 6.04 Å². The van der Waals surface area contributed by atoms with E-state index in [2.05, 4.69) is 10.2 Å². The van der Waals surface area contributed by atoms with Gasteiger partial charge < -0.3 is 14.8 Å². The molecule has 1 heterocycles. The Hall–Kier alpha value is -1.92. The first-order chi connectivity index (χ1) is 10.1. The number of piperazine rings is 1. The van der Waals surface area contributed by atoms with Crippen LogP contribution >= 0.6 is 0 Å². The van der Waals surface area contributed by atoms with Gasteiger partial charge >= 0.3 is 11.9 Å². The molecule has 0 aliphatic carbocycles. The van der Waals surface area contributed by atoms with E-state index in [9.17, 15) is 9.59 Å². The SMILES string of the molecule is CC(=O)Oc1ccccc1OC(=O)C(C)N1CCNCC1. The minimum atomic E-state index is -0.450. The molecule has 1 aromatic rings. The zero-order valence-corrected chi connectivity index (χ0v) is 12.3. The van der Waals surface area contributed by atoms with E-state index in [4.69, 9.17) is 9.47 Å². The normalized spacial score (nSPS) is 17.0. The zero-order valence-electron chi connectivity index (χ0n) is 12.3. The summed E-state index contributed by atoms with van der Waals surface area (Å²) < 4.78 is 10.4. The van der Waals surface area contributed by atoms with Crippen molar-refractivity contribution < 1.29 is 19.1 Å². The van der Waals surface area contributed by atoms with Gasteiger partial charge in [-0.3, -0.25) is 9.69 Å². The van der Waals surface area contributed by atoms with Gasteiger partial charge in [-0.05, 0) is 19.1 Å². The van der Waals surface area contributed by atoms with Crippen molar-refractivity contribution in [1.29, 1.82) is 0 Å². The highest BCUT2D eigenvalue weighted by molar-refractivity contribution is 5.79. The molecule has 1 N–H and O–H groups in total. The van der Waals surface area contributed by atoms with Gasteiger partial charge in [-0.25, -0.2) is 4.79 Å². The van der Waals surface area contributed by atoms with Crippen LogP contribution in [0.3, 0.4) is 0 Å². The summed E-state index contributed by atoms with van der Waals surface area (Å²) in [5.41, 5.74) is 0. The number of carbonyl (C=O) groups is 2. The molecule has 1 aliphatic rings. The Morgan fingerprint density at radius 2 is 1.71 bits per heavy atom. The predicted molar refractivity (Wildman–Crippen MR) is 77.3 cm³/mol. The fraction of sp³-hybridized carbons (Fsp3) is 0.467. The lowest BCUT2D eigenvalue weighted by Gasteiger charge is -2.31. The lowest BCUT2D eigenvalue weighted by Crippen LogP contribution is -2.51. The number of carbonyl (C=O) groups excluding carboxylic acids is 2. The van der Waals surface area contributed by atoms with Gasteiger partial charge in [-0.15, -0.1) is 0 Å². The maximum absolute atomic E-state index is 12.2. The van der Waals surface area contributed by atoms with Gasteiger partial charge in [0.25, 0.3) is 0 Å². The van der Waals surface area contributed by atoms with Crippen molar-refractivity contribution in [2.45, 2.75) is 19.9 Å². The second-order valence-electron chi connectivity index (χ2n) is 4.92. The van der Waals surface area contributed by atoms with E-state index in [1.54, 1.807) is 24.3 Å². The molecule has 0 aromatic heterocycles. The van der Waals surface area contributed by atoms with Gasteiger partial charge in [-0.1, -0.05) is 12.1 Å². The van der Waals surface area contributed by atoms with Gasteiger partial charge in [0.15, 0.2) is 11.5 Å². The smallest absolute Gasteiger partial charge is 0.328 e. The summed E-state index contributed by atoms with van der Waals surface area (Å²) >= 11 is 0. The van der Waals surface area contributed by atoms with Crippen molar-refractivity contribution in [3.05, 3.63) is 24.3 Å². The van der Waals surface area contributed by atoms with Crippen LogP contribution in [0.15, 0.2) is 24.3 Å². The largest absolute Gasteiger partial charge is 0.423 e. The maximum atomic E-state index is 12.2. The third kappa shape index (κ3) is 4.27. The first kappa shape index (κ1) is 15.5. The first-order valence-corrected chi connectivity index (χ1v) is 7.02. The molecular formula is C15H20N2O4. The van der Waals surface area contributed by atoms with Crippen molar-refractivity contribution in [3.8, 4) is 11.5 Å². The van der Waals surface area contributed by atoms with Crippen LogP contribution in [0.5, 0.6) is 11.5 Å². The fourth-order valence-corrected chi connectivity index (χ4v) is 2.19. The highest BCUT2D eigenvalue weighted by Crippen LogP contribution is 2.27. The Bertz CT molecular complexity index is 512. The average Bonchev–Trinajstić information content (AvgIpc) is 2.49. The highest BCUT2D eigenvalue weighted by Gasteiger charge is 2.25. The van der Waals surface area contributed by atoms with Crippen LogP contribution in [0.1, 0.15) is 13.8 Å². The summed E-state index contributed by atoms with van der Waals surface area (Å²) in [5, 5.41) is 3.24. The van der Waals surface area contributed by atoms with Crippen LogP contribution in [0.25, 0.3) is 0 Å². The second-order valence-corrected chi connectivity index (χ2v) is 4.92. The summed E-state index contributed by atoms with van der Waals surface area (Å²) in [5.74, 6) is -0.282. The summed E-state index contributed by atoms with van der Waals surface area (Å²) in [7, 11) is 0. The number of rotatable bonds is 4. The molecule has 1 unspecified atom stereocenters. The number of esters is 2. The molecule has 6 heteroatoms. The van der Waals surface area contributed by atoms with Gasteiger partial charge in [0, 0.05) is 33.1 Å². The predicted octanol–water partition coefficient (Wildman–Crippen LogP) is 0.811. The second kappa shape index (κ2) is 7.19. The standard InChI is InChI=1S/C15H20N2O4/c1-11(17-9-7-16-8-10-17)15(19)21-14-6-4-3-5-13(14)20-12(2)18/h3-6,11,16H,7-10H2,1-2H3. The van der Waals surface area contributed by atoms with E-state index in [-0.39, 0.29) is 23.5 Å². The fourth-order valence-electron chi connectivity index (χ4n) is 2.19. The average molecular weight is 292 g/mol. The molecule has 1 aliphatic heterocycles. The molecule has 1 atom stereocenters.